The van der Waals surface area contributed by atoms with Crippen LogP contribution >= 0.6 is 11.3 Å². The van der Waals surface area contributed by atoms with E-state index in [2.05, 4.69) is 23.2 Å². The van der Waals surface area contributed by atoms with Gasteiger partial charge in [-0.3, -0.25) is 0 Å². The summed E-state index contributed by atoms with van der Waals surface area (Å²) in [7, 11) is 0. The predicted octanol–water partition coefficient (Wildman–Crippen LogP) is 4.34. The number of piperidine rings is 1. The topological polar surface area (TPSA) is 71.9 Å². The summed E-state index contributed by atoms with van der Waals surface area (Å²) in [4.78, 5) is 18.1. The Bertz CT molecular complexity index is 1020. The van der Waals surface area contributed by atoms with Crippen molar-refractivity contribution in [1.29, 1.82) is 0 Å². The fraction of sp³-hybridized carbons (Fsp3) is 0.300. The average Bonchev–Trinajstić information content (AvgIpc) is 3.16. The van der Waals surface area contributed by atoms with Crippen molar-refractivity contribution >= 4 is 27.6 Å². The number of benzene rings is 1. The van der Waals surface area contributed by atoms with Gasteiger partial charge in [0.15, 0.2) is 0 Å². The van der Waals surface area contributed by atoms with Gasteiger partial charge < -0.3 is 19.5 Å². The fourth-order valence-electron chi connectivity index (χ4n) is 3.71. The monoisotopic (exact) mass is 382 g/mol. The molecule has 2 aliphatic heterocycles. The van der Waals surface area contributed by atoms with Crippen LogP contribution in [-0.4, -0.2) is 40.0 Å². The van der Waals surface area contributed by atoms with E-state index in [-0.39, 0.29) is 0 Å². The highest BCUT2D eigenvalue weighted by Crippen LogP contribution is 2.39. The van der Waals surface area contributed by atoms with Crippen LogP contribution in [0.2, 0.25) is 0 Å². The summed E-state index contributed by atoms with van der Waals surface area (Å²) < 4.78 is 12.2. The van der Waals surface area contributed by atoms with Gasteiger partial charge in [0.2, 0.25) is 5.79 Å². The molecule has 0 bridgehead atoms. The van der Waals surface area contributed by atoms with Crippen molar-refractivity contribution in [1.82, 2.24) is 9.88 Å². The third-order valence-electron chi connectivity index (χ3n) is 5.28. The first kappa shape index (κ1) is 16.5. The molecule has 2 aliphatic rings. The number of hydrogen-bond donors (Lipinski definition) is 1. The molecule has 4 heterocycles. The molecule has 0 saturated carbocycles. The van der Waals surface area contributed by atoms with Gasteiger partial charge in [-0.2, -0.15) is 0 Å². The number of likely N-dealkylation sites (tertiary alicyclic amines) is 1. The maximum Gasteiger partial charge on any atom is 0.407 e. The molecule has 7 heteroatoms. The number of hydrogen-bond acceptors (Lipinski definition) is 5. The highest BCUT2D eigenvalue weighted by atomic mass is 32.1. The zero-order valence-corrected chi connectivity index (χ0v) is 15.4. The molecule has 2 aromatic heterocycles. The molecule has 1 fully saturated rings. The SMILES string of the molecule is O=C(O)N1CCC2(CC1)OCc1cc(-c3cnc4sccc4c3)ccc1O2. The smallest absolute Gasteiger partial charge is 0.407 e. The number of rotatable bonds is 1. The van der Waals surface area contributed by atoms with Gasteiger partial charge in [0.05, 0.1) is 6.61 Å². The lowest BCUT2D eigenvalue weighted by Gasteiger charge is -2.43. The Kier molecular flexibility index (Phi) is 3.80. The summed E-state index contributed by atoms with van der Waals surface area (Å²) in [6.07, 6.45) is 2.09. The second-order valence-corrected chi connectivity index (χ2v) is 7.83. The van der Waals surface area contributed by atoms with Crippen molar-refractivity contribution in [3.8, 4) is 16.9 Å². The maximum absolute atomic E-state index is 11.1. The van der Waals surface area contributed by atoms with Gasteiger partial charge in [0, 0.05) is 48.6 Å². The molecule has 3 aromatic rings. The summed E-state index contributed by atoms with van der Waals surface area (Å²) in [5.74, 6) is 0.107. The largest absolute Gasteiger partial charge is 0.465 e. The van der Waals surface area contributed by atoms with Gasteiger partial charge in [0.1, 0.15) is 10.6 Å². The Hall–Kier alpha value is -2.64. The Morgan fingerprint density at radius 1 is 1.19 bits per heavy atom. The lowest BCUT2D eigenvalue weighted by molar-refractivity contribution is -0.225. The minimum absolute atomic E-state index is 0.426. The third-order valence-corrected chi connectivity index (χ3v) is 6.12. The first-order chi connectivity index (χ1) is 13.1. The highest BCUT2D eigenvalue weighted by molar-refractivity contribution is 7.16. The molecule has 27 heavy (non-hydrogen) atoms. The second kappa shape index (κ2) is 6.21. The Morgan fingerprint density at radius 3 is 2.85 bits per heavy atom. The van der Waals surface area contributed by atoms with E-state index in [1.807, 2.05) is 23.7 Å². The van der Waals surface area contributed by atoms with Gasteiger partial charge in [0.25, 0.3) is 0 Å². The van der Waals surface area contributed by atoms with Crippen LogP contribution in [0, 0.1) is 0 Å². The predicted molar refractivity (Wildman–Crippen MR) is 102 cm³/mol. The standard InChI is InChI=1S/C20H18N2O4S/c23-19(24)22-6-4-20(5-7-22)25-12-16-9-13(1-2-17(16)26-20)15-10-14-3-8-27-18(14)21-11-15/h1-3,8-11H,4-7,12H2,(H,23,24). The number of pyridine rings is 1. The van der Waals surface area contributed by atoms with E-state index in [4.69, 9.17) is 14.6 Å². The van der Waals surface area contributed by atoms with E-state index in [0.717, 1.165) is 32.7 Å². The molecule has 1 spiro atoms. The zero-order chi connectivity index (χ0) is 18.4. The fourth-order valence-corrected chi connectivity index (χ4v) is 4.43. The van der Waals surface area contributed by atoms with E-state index in [9.17, 15) is 4.79 Å². The van der Waals surface area contributed by atoms with Crippen molar-refractivity contribution in [3.63, 3.8) is 0 Å². The summed E-state index contributed by atoms with van der Waals surface area (Å²) in [6.45, 7) is 1.31. The van der Waals surface area contributed by atoms with Crippen molar-refractivity contribution in [2.24, 2.45) is 0 Å². The minimum Gasteiger partial charge on any atom is -0.465 e. The Morgan fingerprint density at radius 2 is 2.04 bits per heavy atom. The number of carboxylic acid groups (broad SMARTS) is 1. The third kappa shape index (κ3) is 2.93. The van der Waals surface area contributed by atoms with Crippen LogP contribution in [0.25, 0.3) is 21.3 Å². The van der Waals surface area contributed by atoms with Crippen LogP contribution in [0.3, 0.4) is 0 Å². The van der Waals surface area contributed by atoms with E-state index in [0.29, 0.717) is 32.5 Å². The lowest BCUT2D eigenvalue weighted by Crippen LogP contribution is -2.52. The number of thiophene rings is 1. The molecule has 1 N–H and O–H groups in total. The molecule has 0 atom stereocenters. The molecule has 6 nitrogen and oxygen atoms in total. The van der Waals surface area contributed by atoms with Crippen LogP contribution < -0.4 is 4.74 Å². The van der Waals surface area contributed by atoms with Crippen molar-refractivity contribution < 1.29 is 19.4 Å². The van der Waals surface area contributed by atoms with Crippen LogP contribution in [0.4, 0.5) is 4.79 Å². The van der Waals surface area contributed by atoms with Crippen molar-refractivity contribution in [2.45, 2.75) is 25.2 Å². The number of amides is 1. The molecule has 1 aromatic carbocycles. The molecule has 1 saturated heterocycles. The van der Waals surface area contributed by atoms with Crippen LogP contribution in [0.1, 0.15) is 18.4 Å². The van der Waals surface area contributed by atoms with E-state index in [1.165, 1.54) is 4.90 Å². The first-order valence-corrected chi connectivity index (χ1v) is 9.77. The number of carbonyl (C=O) groups is 1. The van der Waals surface area contributed by atoms with Crippen LogP contribution in [0.15, 0.2) is 41.9 Å². The van der Waals surface area contributed by atoms with Crippen molar-refractivity contribution in [3.05, 3.63) is 47.5 Å². The number of nitrogens with zero attached hydrogens (tertiary/aromatic N) is 2. The van der Waals surface area contributed by atoms with E-state index in [1.54, 1.807) is 11.3 Å². The summed E-state index contributed by atoms with van der Waals surface area (Å²) in [5.41, 5.74) is 3.15. The van der Waals surface area contributed by atoms with Gasteiger partial charge in [-0.1, -0.05) is 6.07 Å². The zero-order valence-electron chi connectivity index (χ0n) is 14.6. The minimum atomic E-state index is -0.887. The Balaban J connectivity index is 1.39. The molecular weight excluding hydrogens is 364 g/mol. The van der Waals surface area contributed by atoms with Gasteiger partial charge >= 0.3 is 6.09 Å². The van der Waals surface area contributed by atoms with E-state index >= 15 is 0 Å². The summed E-state index contributed by atoms with van der Waals surface area (Å²) in [6, 6.07) is 10.3. The number of fused-ring (bicyclic) bond motifs is 2. The van der Waals surface area contributed by atoms with Gasteiger partial charge in [-0.25, -0.2) is 9.78 Å². The van der Waals surface area contributed by atoms with Gasteiger partial charge in [-0.05, 0) is 35.2 Å². The molecule has 1 amide bonds. The Labute approximate surface area is 160 Å². The van der Waals surface area contributed by atoms with Crippen molar-refractivity contribution in [2.75, 3.05) is 13.1 Å². The molecular formula is C20H18N2O4S. The van der Waals surface area contributed by atoms with Crippen LogP contribution in [0.5, 0.6) is 5.75 Å². The molecule has 0 aliphatic carbocycles. The maximum atomic E-state index is 11.1. The molecule has 5 rings (SSSR count). The summed E-state index contributed by atoms with van der Waals surface area (Å²) in [5, 5.41) is 12.3. The van der Waals surface area contributed by atoms with E-state index < -0.39 is 11.9 Å². The first-order valence-electron chi connectivity index (χ1n) is 8.89. The average molecular weight is 382 g/mol. The molecule has 0 radical (unpaired) electrons. The molecule has 138 valence electrons. The lowest BCUT2D eigenvalue weighted by atomic mass is 9.99. The number of ether oxygens (including phenoxy) is 2. The highest BCUT2D eigenvalue weighted by Gasteiger charge is 2.41. The quantitative estimate of drug-likeness (QED) is 0.678. The second-order valence-electron chi connectivity index (χ2n) is 6.93. The van der Waals surface area contributed by atoms with Crippen LogP contribution in [-0.2, 0) is 11.3 Å². The van der Waals surface area contributed by atoms with Gasteiger partial charge in [-0.15, -0.1) is 11.3 Å². The normalized spacial score (nSPS) is 18.3. The summed E-state index contributed by atoms with van der Waals surface area (Å²) >= 11 is 1.64. The number of aromatic nitrogens is 1. The molecule has 0 unspecified atom stereocenters.